The standard InChI is InChI=1S/C17H16FNO2/c1-3-12-5-7-16(17(9-12)20-2)21-11-13-4-6-15(18)14(8-13)10-19/h4-9H,3,11H2,1-2H3. The Hall–Kier alpha value is -2.54. The monoisotopic (exact) mass is 285 g/mol. The van der Waals surface area contributed by atoms with Gasteiger partial charge >= 0.3 is 0 Å². The SMILES string of the molecule is CCc1ccc(OCc2ccc(F)c(C#N)c2)c(OC)c1. The van der Waals surface area contributed by atoms with Crippen molar-refractivity contribution in [3.8, 4) is 17.6 Å². The largest absolute Gasteiger partial charge is 0.493 e. The van der Waals surface area contributed by atoms with E-state index in [2.05, 4.69) is 6.92 Å². The van der Waals surface area contributed by atoms with Gasteiger partial charge in [0.2, 0.25) is 0 Å². The van der Waals surface area contributed by atoms with Crippen molar-refractivity contribution in [2.24, 2.45) is 0 Å². The van der Waals surface area contributed by atoms with Crippen molar-refractivity contribution in [3.63, 3.8) is 0 Å². The van der Waals surface area contributed by atoms with E-state index < -0.39 is 5.82 Å². The highest BCUT2D eigenvalue weighted by Gasteiger charge is 2.07. The quantitative estimate of drug-likeness (QED) is 0.838. The summed E-state index contributed by atoms with van der Waals surface area (Å²) in [5.74, 6) is 0.764. The van der Waals surface area contributed by atoms with Gasteiger partial charge in [-0.05, 0) is 41.8 Å². The van der Waals surface area contributed by atoms with Gasteiger partial charge < -0.3 is 9.47 Å². The Morgan fingerprint density at radius 3 is 2.52 bits per heavy atom. The van der Waals surface area contributed by atoms with Gasteiger partial charge in [0.15, 0.2) is 11.5 Å². The molecular formula is C17H16FNO2. The van der Waals surface area contributed by atoms with Gasteiger partial charge in [-0.3, -0.25) is 0 Å². The van der Waals surface area contributed by atoms with Crippen molar-refractivity contribution in [1.82, 2.24) is 0 Å². The summed E-state index contributed by atoms with van der Waals surface area (Å²) in [4.78, 5) is 0. The first-order valence-corrected chi connectivity index (χ1v) is 6.66. The summed E-state index contributed by atoms with van der Waals surface area (Å²) in [6.07, 6.45) is 0.917. The first kappa shape index (κ1) is 14.9. The molecule has 0 bridgehead atoms. The van der Waals surface area contributed by atoms with Gasteiger partial charge in [-0.2, -0.15) is 5.26 Å². The molecule has 0 aromatic heterocycles. The maximum Gasteiger partial charge on any atom is 0.161 e. The van der Waals surface area contributed by atoms with E-state index in [1.54, 1.807) is 13.2 Å². The van der Waals surface area contributed by atoms with Gasteiger partial charge in [-0.25, -0.2) is 4.39 Å². The summed E-state index contributed by atoms with van der Waals surface area (Å²) in [5.41, 5.74) is 1.91. The van der Waals surface area contributed by atoms with Crippen LogP contribution in [-0.2, 0) is 13.0 Å². The third-order valence-electron chi connectivity index (χ3n) is 3.18. The highest BCUT2D eigenvalue weighted by Crippen LogP contribution is 2.29. The molecule has 0 spiro atoms. The molecule has 0 fully saturated rings. The number of methoxy groups -OCH3 is 1. The van der Waals surface area contributed by atoms with Gasteiger partial charge in [0.05, 0.1) is 12.7 Å². The minimum absolute atomic E-state index is 0.0180. The Morgan fingerprint density at radius 2 is 1.86 bits per heavy atom. The minimum Gasteiger partial charge on any atom is -0.493 e. The number of aryl methyl sites for hydroxylation is 1. The van der Waals surface area contributed by atoms with Crippen molar-refractivity contribution < 1.29 is 13.9 Å². The van der Waals surface area contributed by atoms with Crippen molar-refractivity contribution >= 4 is 0 Å². The number of hydrogen-bond acceptors (Lipinski definition) is 3. The zero-order valence-corrected chi connectivity index (χ0v) is 12.0. The highest BCUT2D eigenvalue weighted by molar-refractivity contribution is 5.43. The molecule has 0 aliphatic rings. The number of ether oxygens (including phenoxy) is 2. The van der Waals surface area contributed by atoms with Crippen molar-refractivity contribution in [2.45, 2.75) is 20.0 Å². The summed E-state index contributed by atoms with van der Waals surface area (Å²) in [5, 5.41) is 8.82. The van der Waals surface area contributed by atoms with Crippen LogP contribution in [0.2, 0.25) is 0 Å². The molecule has 0 saturated heterocycles. The predicted octanol–water partition coefficient (Wildman–Crippen LogP) is 3.85. The Morgan fingerprint density at radius 1 is 1.10 bits per heavy atom. The van der Waals surface area contributed by atoms with Crippen LogP contribution >= 0.6 is 0 Å². The van der Waals surface area contributed by atoms with Gasteiger partial charge in [0.25, 0.3) is 0 Å². The molecule has 108 valence electrons. The third kappa shape index (κ3) is 3.51. The van der Waals surface area contributed by atoms with Crippen LogP contribution in [0.25, 0.3) is 0 Å². The van der Waals surface area contributed by atoms with Crippen LogP contribution in [0.5, 0.6) is 11.5 Å². The molecule has 0 amide bonds. The number of hydrogen-bond donors (Lipinski definition) is 0. The number of rotatable bonds is 5. The molecule has 3 nitrogen and oxygen atoms in total. The number of halogens is 1. The van der Waals surface area contributed by atoms with Crippen molar-refractivity contribution in [2.75, 3.05) is 7.11 Å². The molecule has 2 aromatic carbocycles. The zero-order valence-electron chi connectivity index (χ0n) is 12.0. The van der Waals surface area contributed by atoms with Crippen LogP contribution in [0.4, 0.5) is 4.39 Å². The molecule has 0 heterocycles. The lowest BCUT2D eigenvalue weighted by molar-refractivity contribution is 0.284. The van der Waals surface area contributed by atoms with Crippen LogP contribution in [0.1, 0.15) is 23.6 Å². The molecule has 21 heavy (non-hydrogen) atoms. The molecule has 0 radical (unpaired) electrons. The average molecular weight is 285 g/mol. The Labute approximate surface area is 123 Å². The fraction of sp³-hybridized carbons (Fsp3) is 0.235. The van der Waals surface area contributed by atoms with Crippen LogP contribution in [0.3, 0.4) is 0 Å². The molecule has 0 saturated carbocycles. The molecule has 2 aromatic rings. The van der Waals surface area contributed by atoms with E-state index in [-0.39, 0.29) is 12.2 Å². The molecule has 2 rings (SSSR count). The maximum absolute atomic E-state index is 13.3. The van der Waals surface area contributed by atoms with E-state index in [9.17, 15) is 4.39 Å². The third-order valence-corrected chi connectivity index (χ3v) is 3.18. The summed E-state index contributed by atoms with van der Waals surface area (Å²) < 4.78 is 24.3. The van der Waals surface area contributed by atoms with Gasteiger partial charge in [0.1, 0.15) is 18.5 Å². The van der Waals surface area contributed by atoms with E-state index in [1.165, 1.54) is 12.1 Å². The molecule has 4 heteroatoms. The minimum atomic E-state index is -0.522. The fourth-order valence-electron chi connectivity index (χ4n) is 1.96. The maximum atomic E-state index is 13.3. The zero-order chi connectivity index (χ0) is 15.2. The number of benzene rings is 2. The predicted molar refractivity (Wildman–Crippen MR) is 77.8 cm³/mol. The first-order valence-electron chi connectivity index (χ1n) is 6.66. The van der Waals surface area contributed by atoms with Gasteiger partial charge in [-0.15, -0.1) is 0 Å². The first-order chi connectivity index (χ1) is 10.2. The van der Waals surface area contributed by atoms with E-state index >= 15 is 0 Å². The van der Waals surface area contributed by atoms with Crippen molar-refractivity contribution in [3.05, 3.63) is 58.9 Å². The van der Waals surface area contributed by atoms with Crippen LogP contribution < -0.4 is 9.47 Å². The molecule has 0 aliphatic carbocycles. The summed E-state index contributed by atoms with van der Waals surface area (Å²) in [6, 6.07) is 11.9. The van der Waals surface area contributed by atoms with Crippen LogP contribution in [0, 0.1) is 17.1 Å². The van der Waals surface area contributed by atoms with E-state index in [4.69, 9.17) is 14.7 Å². The average Bonchev–Trinajstić information content (AvgIpc) is 2.53. The Balaban J connectivity index is 2.15. The summed E-state index contributed by atoms with van der Waals surface area (Å²) >= 11 is 0. The lowest BCUT2D eigenvalue weighted by Crippen LogP contribution is -1.99. The highest BCUT2D eigenvalue weighted by atomic mass is 19.1. The van der Waals surface area contributed by atoms with Gasteiger partial charge in [-0.1, -0.05) is 19.1 Å². The second-order valence-electron chi connectivity index (χ2n) is 4.55. The normalized spacial score (nSPS) is 10.0. The molecule has 0 N–H and O–H groups in total. The molecule has 0 atom stereocenters. The van der Waals surface area contributed by atoms with Gasteiger partial charge in [0, 0.05) is 0 Å². The van der Waals surface area contributed by atoms with Crippen LogP contribution in [-0.4, -0.2) is 7.11 Å². The molecule has 0 aliphatic heterocycles. The second kappa shape index (κ2) is 6.76. The summed E-state index contributed by atoms with van der Waals surface area (Å²) in [6.45, 7) is 2.31. The number of nitriles is 1. The Bertz CT molecular complexity index is 677. The Kier molecular flexibility index (Phi) is 4.78. The van der Waals surface area contributed by atoms with E-state index in [0.717, 1.165) is 17.5 Å². The molecule has 0 unspecified atom stereocenters. The van der Waals surface area contributed by atoms with Crippen molar-refractivity contribution in [1.29, 1.82) is 5.26 Å². The van der Waals surface area contributed by atoms with E-state index in [0.29, 0.717) is 11.5 Å². The van der Waals surface area contributed by atoms with Crippen LogP contribution in [0.15, 0.2) is 36.4 Å². The number of nitrogens with zero attached hydrogens (tertiary/aromatic N) is 1. The lowest BCUT2D eigenvalue weighted by atomic mass is 10.1. The topological polar surface area (TPSA) is 42.2 Å². The fourth-order valence-corrected chi connectivity index (χ4v) is 1.96. The smallest absolute Gasteiger partial charge is 0.161 e. The second-order valence-corrected chi connectivity index (χ2v) is 4.55. The lowest BCUT2D eigenvalue weighted by Gasteiger charge is -2.12. The van der Waals surface area contributed by atoms with E-state index in [1.807, 2.05) is 24.3 Å². The summed E-state index contributed by atoms with van der Waals surface area (Å²) in [7, 11) is 1.59. The molecular weight excluding hydrogens is 269 g/mol.